The number of nitrogens with one attached hydrogen (secondary N) is 1. The summed E-state index contributed by atoms with van der Waals surface area (Å²) < 4.78 is 17.7. The molecule has 1 N–H and O–H groups in total. The molecule has 0 saturated heterocycles. The fourth-order valence-corrected chi connectivity index (χ4v) is 1.51. The molecule has 0 fully saturated rings. The summed E-state index contributed by atoms with van der Waals surface area (Å²) in [5, 5.41) is 2.76. The monoisotopic (exact) mass is 233 g/mol. The Morgan fingerprint density at radius 2 is 2.00 bits per heavy atom. The van der Waals surface area contributed by atoms with E-state index in [4.69, 9.17) is 4.42 Å². The number of amides is 1. The predicted molar refractivity (Wildman–Crippen MR) is 61.0 cm³/mol. The lowest BCUT2D eigenvalue weighted by atomic mass is 10.1. The Morgan fingerprint density at radius 3 is 2.59 bits per heavy atom. The van der Waals surface area contributed by atoms with Gasteiger partial charge < -0.3 is 9.73 Å². The number of furan rings is 1. The highest BCUT2D eigenvalue weighted by molar-refractivity contribution is 5.91. The lowest BCUT2D eigenvalue weighted by Crippen LogP contribution is -2.26. The van der Waals surface area contributed by atoms with Crippen LogP contribution >= 0.6 is 0 Å². The third kappa shape index (κ3) is 2.72. The second-order valence-corrected chi connectivity index (χ2v) is 3.72. The Labute approximate surface area is 98.3 Å². The molecule has 0 aliphatic rings. The van der Waals surface area contributed by atoms with Gasteiger partial charge in [0.05, 0.1) is 12.3 Å². The number of hydrogen-bond acceptors (Lipinski definition) is 2. The molecule has 2 rings (SSSR count). The molecule has 0 aliphatic carbocycles. The summed E-state index contributed by atoms with van der Waals surface area (Å²) >= 11 is 0. The summed E-state index contributed by atoms with van der Waals surface area (Å²) in [6, 6.07) is 9.05. The first kappa shape index (κ1) is 11.4. The topological polar surface area (TPSA) is 42.2 Å². The van der Waals surface area contributed by atoms with Crippen LogP contribution < -0.4 is 5.32 Å². The van der Waals surface area contributed by atoms with Crippen LogP contribution in [0, 0.1) is 5.82 Å². The highest BCUT2D eigenvalue weighted by atomic mass is 19.1. The number of hydrogen-bond donors (Lipinski definition) is 1. The molecule has 0 bridgehead atoms. The van der Waals surface area contributed by atoms with Crippen LogP contribution in [0.1, 0.15) is 29.1 Å². The SMILES string of the molecule is C[C@@H](NC(=O)c1ccco1)c1ccc(F)cc1. The second-order valence-electron chi connectivity index (χ2n) is 3.72. The van der Waals surface area contributed by atoms with Gasteiger partial charge in [-0.1, -0.05) is 12.1 Å². The fraction of sp³-hybridized carbons (Fsp3) is 0.154. The molecule has 0 radical (unpaired) electrons. The summed E-state index contributed by atoms with van der Waals surface area (Å²) in [6.07, 6.45) is 1.44. The van der Waals surface area contributed by atoms with Crippen LogP contribution in [-0.4, -0.2) is 5.91 Å². The average molecular weight is 233 g/mol. The molecule has 0 saturated carbocycles. The zero-order valence-electron chi connectivity index (χ0n) is 9.31. The minimum absolute atomic E-state index is 0.201. The van der Waals surface area contributed by atoms with Gasteiger partial charge in [-0.05, 0) is 36.8 Å². The normalized spacial score (nSPS) is 12.1. The minimum atomic E-state index is -0.293. The summed E-state index contributed by atoms with van der Waals surface area (Å²) in [6.45, 7) is 1.83. The molecule has 1 aromatic carbocycles. The van der Waals surface area contributed by atoms with Gasteiger partial charge in [0.1, 0.15) is 5.82 Å². The summed E-state index contributed by atoms with van der Waals surface area (Å²) in [5.74, 6) is -0.316. The van der Waals surface area contributed by atoms with Crippen molar-refractivity contribution in [3.63, 3.8) is 0 Å². The van der Waals surface area contributed by atoms with Gasteiger partial charge in [0.2, 0.25) is 0 Å². The Balaban J connectivity index is 2.04. The average Bonchev–Trinajstić information content (AvgIpc) is 2.83. The van der Waals surface area contributed by atoms with Gasteiger partial charge in [0, 0.05) is 0 Å². The van der Waals surface area contributed by atoms with E-state index in [0.29, 0.717) is 0 Å². The van der Waals surface area contributed by atoms with Crippen LogP contribution in [-0.2, 0) is 0 Å². The van der Waals surface area contributed by atoms with Crippen LogP contribution in [0.5, 0.6) is 0 Å². The Bertz CT molecular complexity index is 491. The van der Waals surface area contributed by atoms with E-state index in [1.807, 2.05) is 6.92 Å². The van der Waals surface area contributed by atoms with E-state index in [1.165, 1.54) is 18.4 Å². The van der Waals surface area contributed by atoms with E-state index < -0.39 is 0 Å². The highest BCUT2D eigenvalue weighted by Gasteiger charge is 2.13. The molecule has 4 heteroatoms. The lowest BCUT2D eigenvalue weighted by Gasteiger charge is -2.13. The maximum atomic E-state index is 12.7. The van der Waals surface area contributed by atoms with Crippen LogP contribution in [0.3, 0.4) is 0 Å². The fourth-order valence-electron chi connectivity index (χ4n) is 1.51. The van der Waals surface area contributed by atoms with Gasteiger partial charge in [0.15, 0.2) is 5.76 Å². The molecule has 1 atom stereocenters. The zero-order valence-corrected chi connectivity index (χ0v) is 9.31. The summed E-state index contributed by atoms with van der Waals surface area (Å²) in [5.41, 5.74) is 0.839. The number of carbonyl (C=O) groups is 1. The second kappa shape index (κ2) is 4.82. The number of benzene rings is 1. The first-order valence-corrected chi connectivity index (χ1v) is 5.26. The molecule has 3 nitrogen and oxygen atoms in total. The molecule has 1 heterocycles. The maximum Gasteiger partial charge on any atom is 0.287 e. The predicted octanol–water partition coefficient (Wildman–Crippen LogP) is 2.91. The van der Waals surface area contributed by atoms with E-state index in [9.17, 15) is 9.18 Å². The van der Waals surface area contributed by atoms with Crippen molar-refractivity contribution in [1.29, 1.82) is 0 Å². The maximum absolute atomic E-state index is 12.7. The first-order chi connectivity index (χ1) is 8.16. The smallest absolute Gasteiger partial charge is 0.287 e. The molecule has 1 amide bonds. The van der Waals surface area contributed by atoms with Gasteiger partial charge in [-0.25, -0.2) is 4.39 Å². The molecule has 0 aliphatic heterocycles. The number of halogens is 1. The molecule has 17 heavy (non-hydrogen) atoms. The zero-order chi connectivity index (χ0) is 12.3. The summed E-state index contributed by atoms with van der Waals surface area (Å²) in [7, 11) is 0. The van der Waals surface area contributed by atoms with E-state index in [1.54, 1.807) is 24.3 Å². The van der Waals surface area contributed by atoms with Gasteiger partial charge in [0.25, 0.3) is 5.91 Å². The first-order valence-electron chi connectivity index (χ1n) is 5.26. The van der Waals surface area contributed by atoms with Crippen LogP contribution in [0.15, 0.2) is 47.1 Å². The van der Waals surface area contributed by atoms with E-state index in [0.717, 1.165) is 5.56 Å². The van der Waals surface area contributed by atoms with Crippen molar-refractivity contribution in [3.05, 3.63) is 59.8 Å². The molecule has 0 unspecified atom stereocenters. The van der Waals surface area contributed by atoms with Gasteiger partial charge in [-0.2, -0.15) is 0 Å². The van der Waals surface area contributed by atoms with Crippen molar-refractivity contribution in [2.45, 2.75) is 13.0 Å². The van der Waals surface area contributed by atoms with E-state index >= 15 is 0 Å². The lowest BCUT2D eigenvalue weighted by molar-refractivity contribution is 0.0912. The van der Waals surface area contributed by atoms with Gasteiger partial charge >= 0.3 is 0 Å². The minimum Gasteiger partial charge on any atom is -0.459 e. The van der Waals surface area contributed by atoms with Crippen molar-refractivity contribution < 1.29 is 13.6 Å². The van der Waals surface area contributed by atoms with Crippen LogP contribution in [0.2, 0.25) is 0 Å². The molecule has 1 aromatic heterocycles. The number of rotatable bonds is 3. The third-order valence-corrected chi connectivity index (χ3v) is 2.46. The Hall–Kier alpha value is -2.10. The van der Waals surface area contributed by atoms with Gasteiger partial charge in [-0.15, -0.1) is 0 Å². The molecule has 88 valence electrons. The molecule has 2 aromatic rings. The Morgan fingerprint density at radius 1 is 1.29 bits per heavy atom. The third-order valence-electron chi connectivity index (χ3n) is 2.46. The van der Waals surface area contributed by atoms with Crippen LogP contribution in [0.25, 0.3) is 0 Å². The van der Waals surface area contributed by atoms with Crippen LogP contribution in [0.4, 0.5) is 4.39 Å². The molecule has 0 spiro atoms. The standard InChI is InChI=1S/C13H12FNO2/c1-9(10-4-6-11(14)7-5-10)15-13(16)12-3-2-8-17-12/h2-9H,1H3,(H,15,16)/t9-/m1/s1. The summed E-state index contributed by atoms with van der Waals surface area (Å²) in [4.78, 5) is 11.7. The van der Waals surface area contributed by atoms with Crippen molar-refractivity contribution >= 4 is 5.91 Å². The van der Waals surface area contributed by atoms with E-state index in [-0.39, 0.29) is 23.5 Å². The number of carbonyl (C=O) groups excluding carboxylic acids is 1. The molecular weight excluding hydrogens is 221 g/mol. The quantitative estimate of drug-likeness (QED) is 0.885. The molecular formula is C13H12FNO2. The van der Waals surface area contributed by atoms with Gasteiger partial charge in [-0.3, -0.25) is 4.79 Å². The van der Waals surface area contributed by atoms with Crippen molar-refractivity contribution in [2.75, 3.05) is 0 Å². The van der Waals surface area contributed by atoms with E-state index in [2.05, 4.69) is 5.32 Å². The van der Waals surface area contributed by atoms with Crippen molar-refractivity contribution in [1.82, 2.24) is 5.32 Å². The van der Waals surface area contributed by atoms with Crippen molar-refractivity contribution in [2.24, 2.45) is 0 Å². The largest absolute Gasteiger partial charge is 0.459 e. The Kier molecular flexibility index (Phi) is 3.23. The van der Waals surface area contributed by atoms with Crippen molar-refractivity contribution in [3.8, 4) is 0 Å². The highest BCUT2D eigenvalue weighted by Crippen LogP contribution is 2.13.